The van der Waals surface area contributed by atoms with Crippen molar-refractivity contribution in [1.29, 1.82) is 0 Å². The topological polar surface area (TPSA) is 108 Å². The fourth-order valence-electron chi connectivity index (χ4n) is 3.82. The average molecular weight is 919 g/mol. The molecular formula is C32H33F6I2N5O4. The summed E-state index contributed by atoms with van der Waals surface area (Å²) in [6.45, 7) is 8.90. The molecule has 3 aromatic rings. The van der Waals surface area contributed by atoms with Gasteiger partial charge in [0.25, 0.3) is 0 Å². The van der Waals surface area contributed by atoms with E-state index in [1.807, 2.05) is 6.92 Å². The molecule has 0 spiro atoms. The highest BCUT2D eigenvalue weighted by atomic mass is 127. The van der Waals surface area contributed by atoms with Gasteiger partial charge in [0.1, 0.15) is 10.4 Å². The second-order valence-electron chi connectivity index (χ2n) is 10.5. The number of halogens is 8. The summed E-state index contributed by atoms with van der Waals surface area (Å²) < 4.78 is 88.1. The van der Waals surface area contributed by atoms with Crippen LogP contribution in [0.2, 0.25) is 0 Å². The Morgan fingerprint density at radius 1 is 0.918 bits per heavy atom. The lowest BCUT2D eigenvalue weighted by molar-refractivity contribution is -0.143. The molecule has 1 aliphatic heterocycles. The van der Waals surface area contributed by atoms with Gasteiger partial charge in [0, 0.05) is 34.0 Å². The van der Waals surface area contributed by atoms with Gasteiger partial charge < -0.3 is 9.47 Å². The van der Waals surface area contributed by atoms with Crippen molar-refractivity contribution >= 4 is 75.4 Å². The number of esters is 2. The maximum atomic E-state index is 12.9. The zero-order valence-electron chi connectivity index (χ0n) is 26.9. The molecule has 9 nitrogen and oxygen atoms in total. The second kappa shape index (κ2) is 19.1. The Morgan fingerprint density at radius 2 is 1.49 bits per heavy atom. The number of amidine groups is 1. The number of nitrogens with zero attached hydrogens (tertiary/aromatic N) is 5. The molecular weight excluding hydrogens is 886 g/mol. The maximum Gasteiger partial charge on any atom is 0.416 e. The fourth-order valence-corrected chi connectivity index (χ4v) is 4.54. The molecule has 1 aliphatic rings. The van der Waals surface area contributed by atoms with E-state index < -0.39 is 29.4 Å². The third-order valence-electron chi connectivity index (χ3n) is 5.68. The maximum absolute atomic E-state index is 12.9. The first kappa shape index (κ1) is 41.8. The van der Waals surface area contributed by atoms with Crippen molar-refractivity contribution in [3.05, 3.63) is 76.6 Å². The lowest BCUT2D eigenvalue weighted by Crippen LogP contribution is -2.08. The summed E-state index contributed by atoms with van der Waals surface area (Å²) in [4.78, 5) is 33.9. The number of hydrogen-bond donors (Lipinski definition) is 0. The van der Waals surface area contributed by atoms with Crippen LogP contribution in [0.1, 0.15) is 55.0 Å². The quantitative estimate of drug-likeness (QED) is 0.0737. The zero-order valence-corrected chi connectivity index (χ0v) is 31.3. The smallest absolute Gasteiger partial charge is 0.416 e. The minimum Gasteiger partial charge on any atom is -0.460 e. The van der Waals surface area contributed by atoms with Crippen LogP contribution < -0.4 is 0 Å². The van der Waals surface area contributed by atoms with Crippen LogP contribution in [-0.2, 0) is 31.4 Å². The number of carbonyl (C=O) groups excluding carboxylic acids is 2. The summed E-state index contributed by atoms with van der Waals surface area (Å²) >= 11 is 4.20. The molecule has 266 valence electrons. The van der Waals surface area contributed by atoms with Crippen molar-refractivity contribution in [3.8, 4) is 11.4 Å². The Hall–Kier alpha value is -3.36. The highest BCUT2D eigenvalue weighted by Gasteiger charge is 2.32. The number of hydrogen-bond acceptors (Lipinski definition) is 8. The summed E-state index contributed by atoms with van der Waals surface area (Å²) in [5, 5.41) is 4.04. The molecule has 0 fully saturated rings. The van der Waals surface area contributed by atoms with E-state index in [0.717, 1.165) is 34.8 Å². The monoisotopic (exact) mass is 919 g/mol. The Bertz CT molecular complexity index is 1670. The first-order valence-electron chi connectivity index (χ1n) is 14.4. The molecule has 1 atom stereocenters. The van der Waals surface area contributed by atoms with Crippen LogP contribution in [0.3, 0.4) is 0 Å². The van der Waals surface area contributed by atoms with Crippen molar-refractivity contribution in [2.24, 2.45) is 9.98 Å². The van der Waals surface area contributed by atoms with Gasteiger partial charge in [-0.25, -0.2) is 19.5 Å². The SMILES string of the molecule is CC(I)OC(=O)CCI.Cc1cc(-c2ncn(/C=C\C(=O)OC(C)C)n2)cc(C(F)(F)F)c1.Cc1cc(C2=NCC=N2)cc(C(F)(F)F)c1. The number of aromatic nitrogens is 3. The summed E-state index contributed by atoms with van der Waals surface area (Å²) in [6.07, 6.45) is -3.14. The van der Waals surface area contributed by atoms with Gasteiger partial charge in [0.2, 0.25) is 0 Å². The molecule has 4 rings (SSSR count). The predicted molar refractivity (Wildman–Crippen MR) is 191 cm³/mol. The van der Waals surface area contributed by atoms with Gasteiger partial charge in [-0.15, -0.1) is 5.10 Å². The molecule has 0 bridgehead atoms. The van der Waals surface area contributed by atoms with E-state index >= 15 is 0 Å². The molecule has 0 radical (unpaired) electrons. The normalized spacial score (nSPS) is 13.3. The highest BCUT2D eigenvalue weighted by molar-refractivity contribution is 14.1. The number of carbonyl (C=O) groups is 2. The third-order valence-corrected chi connectivity index (χ3v) is 6.47. The molecule has 1 unspecified atom stereocenters. The predicted octanol–water partition coefficient (Wildman–Crippen LogP) is 8.68. The molecule has 0 amide bonds. The van der Waals surface area contributed by atoms with E-state index in [-0.39, 0.29) is 27.6 Å². The van der Waals surface area contributed by atoms with Crippen LogP contribution in [0.25, 0.3) is 17.6 Å². The molecule has 0 aliphatic carbocycles. The van der Waals surface area contributed by atoms with E-state index in [2.05, 4.69) is 65.2 Å². The summed E-state index contributed by atoms with van der Waals surface area (Å²) in [5.74, 6) is -0.149. The van der Waals surface area contributed by atoms with E-state index in [1.165, 1.54) is 17.2 Å². The van der Waals surface area contributed by atoms with Crippen LogP contribution in [0.5, 0.6) is 0 Å². The molecule has 1 aromatic heterocycles. The van der Waals surface area contributed by atoms with Gasteiger partial charge in [0.15, 0.2) is 11.7 Å². The minimum absolute atomic E-state index is 0.00181. The molecule has 49 heavy (non-hydrogen) atoms. The van der Waals surface area contributed by atoms with Crippen LogP contribution in [-0.4, -0.2) is 59.9 Å². The largest absolute Gasteiger partial charge is 0.460 e. The van der Waals surface area contributed by atoms with Crippen molar-refractivity contribution in [3.63, 3.8) is 0 Å². The van der Waals surface area contributed by atoms with Crippen LogP contribution >= 0.6 is 45.2 Å². The molecule has 17 heteroatoms. The average Bonchev–Trinajstić information content (AvgIpc) is 3.68. The van der Waals surface area contributed by atoms with Gasteiger partial charge in [-0.05, 0) is 105 Å². The Labute approximate surface area is 306 Å². The summed E-state index contributed by atoms with van der Waals surface area (Å²) in [6, 6.07) is 7.45. The van der Waals surface area contributed by atoms with Crippen molar-refractivity contribution < 1.29 is 45.4 Å². The van der Waals surface area contributed by atoms with Crippen LogP contribution in [0.15, 0.2) is 58.8 Å². The zero-order chi connectivity index (χ0) is 36.9. The van der Waals surface area contributed by atoms with Gasteiger partial charge in [-0.3, -0.25) is 9.79 Å². The van der Waals surface area contributed by atoms with Gasteiger partial charge >= 0.3 is 24.3 Å². The molecule has 0 N–H and O–H groups in total. The lowest BCUT2D eigenvalue weighted by atomic mass is 10.1. The van der Waals surface area contributed by atoms with Gasteiger partial charge in [-0.1, -0.05) is 22.6 Å². The lowest BCUT2D eigenvalue weighted by Gasteiger charge is -2.09. The first-order valence-corrected chi connectivity index (χ1v) is 17.2. The van der Waals surface area contributed by atoms with Gasteiger partial charge in [-0.2, -0.15) is 26.3 Å². The molecule has 2 aromatic carbocycles. The number of aryl methyl sites for hydroxylation is 2. The standard InChI is InChI=1S/C16H16F3N3O2.C11H9F3N2.C5H8I2O2/c1-10(2)24-14(23)4-5-22-9-20-15(21-22)12-6-11(3)7-13(8-12)16(17,18)19;1-7-4-8(10-15-2-3-16-10)6-9(5-7)11(12,13)14;1-4(7)9-5(8)2-3-6/h4-10H,1-3H3;2,4-6H,3H2,1H3;4H,2-3H2,1H3/b5-4-;;. The number of alkyl halides is 8. The fraction of sp³-hybridized carbons (Fsp3) is 0.375. The Kier molecular flexibility index (Phi) is 16.3. The molecule has 0 saturated heterocycles. The summed E-state index contributed by atoms with van der Waals surface area (Å²) in [7, 11) is 0. The van der Waals surface area contributed by atoms with Crippen molar-refractivity contribution in [1.82, 2.24) is 14.8 Å². The Morgan fingerprint density at radius 3 is 1.98 bits per heavy atom. The first-order chi connectivity index (χ1) is 22.8. The van der Waals surface area contributed by atoms with Crippen molar-refractivity contribution in [2.45, 2.75) is 63.6 Å². The Balaban J connectivity index is 0.000000286. The summed E-state index contributed by atoms with van der Waals surface area (Å²) in [5.41, 5.74) is 0.249. The number of aliphatic imine (C=N–C) groups is 2. The van der Waals surface area contributed by atoms with E-state index in [1.54, 1.807) is 46.0 Å². The minimum atomic E-state index is -4.44. The number of rotatable bonds is 8. The second-order valence-corrected chi connectivity index (χ2v) is 13.3. The van der Waals surface area contributed by atoms with Crippen molar-refractivity contribution in [2.75, 3.05) is 11.0 Å². The van der Waals surface area contributed by atoms with Crippen LogP contribution in [0, 0.1) is 13.8 Å². The third kappa shape index (κ3) is 15.4. The van der Waals surface area contributed by atoms with E-state index in [9.17, 15) is 35.9 Å². The number of benzene rings is 2. The van der Waals surface area contributed by atoms with E-state index in [0.29, 0.717) is 35.5 Å². The van der Waals surface area contributed by atoms with Crippen LogP contribution in [0.4, 0.5) is 26.3 Å². The number of ether oxygens (including phenoxy) is 2. The van der Waals surface area contributed by atoms with Gasteiger partial charge in [0.05, 0.1) is 30.2 Å². The molecule has 2 heterocycles. The molecule has 0 saturated carbocycles. The highest BCUT2D eigenvalue weighted by Crippen LogP contribution is 2.33. The van der Waals surface area contributed by atoms with E-state index in [4.69, 9.17) is 9.47 Å².